The van der Waals surface area contributed by atoms with Crippen LogP contribution in [0, 0.1) is 11.8 Å². The zero-order valence-corrected chi connectivity index (χ0v) is 20.0. The molecule has 1 aliphatic carbocycles. The van der Waals surface area contributed by atoms with Crippen molar-refractivity contribution < 1.29 is 4.79 Å². The first-order valence-corrected chi connectivity index (χ1v) is 10.1. The van der Waals surface area contributed by atoms with Gasteiger partial charge in [-0.1, -0.05) is 19.9 Å². The van der Waals surface area contributed by atoms with Gasteiger partial charge in [0.1, 0.15) is 0 Å². The van der Waals surface area contributed by atoms with Gasteiger partial charge in [0.25, 0.3) is 0 Å². The van der Waals surface area contributed by atoms with E-state index >= 15 is 0 Å². The van der Waals surface area contributed by atoms with Gasteiger partial charge in [0.2, 0.25) is 5.91 Å². The van der Waals surface area contributed by atoms with Crippen LogP contribution in [0.1, 0.15) is 45.2 Å². The number of likely N-dealkylation sites (N-methyl/N-ethyl adjacent to an activating group) is 1. The summed E-state index contributed by atoms with van der Waals surface area (Å²) in [5.41, 5.74) is 1.000. The Hall–Kier alpha value is -1.38. The van der Waals surface area contributed by atoms with E-state index in [4.69, 9.17) is 0 Å². The van der Waals surface area contributed by atoms with Crippen molar-refractivity contribution in [3.8, 4) is 0 Å². The molecule has 1 heterocycles. The van der Waals surface area contributed by atoms with Gasteiger partial charge in [0.15, 0.2) is 5.96 Å². The predicted octanol–water partition coefficient (Wildman–Crippen LogP) is 3.08. The maximum absolute atomic E-state index is 12.4. The molecule has 28 heavy (non-hydrogen) atoms. The molecule has 0 radical (unpaired) electrons. The predicted molar refractivity (Wildman–Crippen MR) is 126 cm³/mol. The molecular weight excluding hydrogens is 465 g/mol. The van der Waals surface area contributed by atoms with Gasteiger partial charge in [0.05, 0.1) is 6.54 Å². The van der Waals surface area contributed by atoms with Crippen LogP contribution in [0.4, 0.5) is 0 Å². The largest absolute Gasteiger partial charge is 0.354 e. The van der Waals surface area contributed by atoms with Crippen molar-refractivity contribution in [2.24, 2.45) is 16.8 Å². The summed E-state index contributed by atoms with van der Waals surface area (Å²) in [7, 11) is 3.58. The summed E-state index contributed by atoms with van der Waals surface area (Å²) >= 11 is 0. The fraction of sp³-hybridized carbons (Fsp3) is 0.667. The lowest BCUT2D eigenvalue weighted by molar-refractivity contribution is -0.128. The first-order valence-electron chi connectivity index (χ1n) is 10.1. The van der Waals surface area contributed by atoms with Crippen LogP contribution >= 0.6 is 24.0 Å². The topological polar surface area (TPSA) is 69.6 Å². The highest BCUT2D eigenvalue weighted by atomic mass is 127. The zero-order chi connectivity index (χ0) is 19.6. The van der Waals surface area contributed by atoms with Crippen molar-refractivity contribution in [3.63, 3.8) is 0 Å². The van der Waals surface area contributed by atoms with E-state index in [2.05, 4.69) is 34.5 Å². The highest BCUT2D eigenvalue weighted by molar-refractivity contribution is 14.0. The lowest BCUT2D eigenvalue weighted by Crippen LogP contribution is -2.48. The Morgan fingerprint density at radius 2 is 2.00 bits per heavy atom. The molecule has 0 bridgehead atoms. The Morgan fingerprint density at radius 1 is 1.29 bits per heavy atom. The Labute approximate surface area is 187 Å². The third-order valence-corrected chi connectivity index (χ3v) is 5.54. The third-order valence-electron chi connectivity index (χ3n) is 5.54. The molecule has 1 saturated carbocycles. The average Bonchev–Trinajstić information content (AvgIpc) is 2.70. The molecule has 0 atom stereocenters. The van der Waals surface area contributed by atoms with E-state index in [1.165, 1.54) is 25.7 Å². The normalized spacial score (nSPS) is 19.7. The molecule has 0 aromatic carbocycles. The number of nitrogens with one attached hydrogen (secondary N) is 2. The van der Waals surface area contributed by atoms with Gasteiger partial charge < -0.3 is 15.5 Å². The lowest BCUT2D eigenvalue weighted by atomic mass is 9.80. The molecule has 158 valence electrons. The molecule has 6 nitrogen and oxygen atoms in total. The molecule has 0 aliphatic heterocycles. The van der Waals surface area contributed by atoms with E-state index in [9.17, 15) is 4.79 Å². The number of guanidine groups is 1. The minimum Gasteiger partial charge on any atom is -0.354 e. The SMILES string of the molecule is CN=C(NCC(=O)N(C)CCc1ccccn1)NC1CCC(C(C)C)CC1.I. The number of halogens is 1. The van der Waals surface area contributed by atoms with Crippen LogP contribution in [-0.2, 0) is 11.2 Å². The molecule has 1 aromatic heterocycles. The number of aliphatic imine (C=N–C) groups is 1. The molecule has 2 rings (SSSR count). The summed E-state index contributed by atoms with van der Waals surface area (Å²) in [6, 6.07) is 6.30. The molecule has 1 aliphatic rings. The lowest BCUT2D eigenvalue weighted by Gasteiger charge is -2.32. The summed E-state index contributed by atoms with van der Waals surface area (Å²) in [6.07, 6.45) is 7.41. The van der Waals surface area contributed by atoms with Crippen molar-refractivity contribution in [1.82, 2.24) is 20.5 Å². The van der Waals surface area contributed by atoms with Crippen LogP contribution in [-0.4, -0.2) is 55.0 Å². The molecule has 0 saturated heterocycles. The summed E-state index contributed by atoms with van der Waals surface area (Å²) in [4.78, 5) is 22.7. The highest BCUT2D eigenvalue weighted by Crippen LogP contribution is 2.29. The number of nitrogens with zero attached hydrogens (tertiary/aromatic N) is 3. The summed E-state index contributed by atoms with van der Waals surface area (Å²) < 4.78 is 0. The van der Waals surface area contributed by atoms with E-state index in [1.54, 1.807) is 18.1 Å². The van der Waals surface area contributed by atoms with Crippen LogP contribution in [0.2, 0.25) is 0 Å². The van der Waals surface area contributed by atoms with Crippen molar-refractivity contribution in [1.29, 1.82) is 0 Å². The molecule has 1 fully saturated rings. The Balaban J connectivity index is 0.00000392. The zero-order valence-electron chi connectivity index (χ0n) is 17.6. The van der Waals surface area contributed by atoms with E-state index in [0.29, 0.717) is 12.6 Å². The number of hydrogen-bond acceptors (Lipinski definition) is 3. The van der Waals surface area contributed by atoms with E-state index < -0.39 is 0 Å². The fourth-order valence-electron chi connectivity index (χ4n) is 3.57. The second-order valence-electron chi connectivity index (χ2n) is 7.81. The Kier molecular flexibility index (Phi) is 11.4. The van der Waals surface area contributed by atoms with Crippen molar-refractivity contribution >= 4 is 35.8 Å². The summed E-state index contributed by atoms with van der Waals surface area (Å²) in [5, 5.41) is 6.64. The van der Waals surface area contributed by atoms with Crippen molar-refractivity contribution in [3.05, 3.63) is 30.1 Å². The van der Waals surface area contributed by atoms with Crippen molar-refractivity contribution in [2.75, 3.05) is 27.2 Å². The number of carbonyl (C=O) groups excluding carboxylic acids is 1. The molecule has 1 aromatic rings. The standard InChI is InChI=1S/C21H35N5O.HI/c1-16(2)17-8-10-19(11-9-17)25-21(22-3)24-15-20(27)26(4)14-12-18-7-5-6-13-23-18;/h5-7,13,16-17,19H,8-12,14-15H2,1-4H3,(H2,22,24,25);1H. The van der Waals surface area contributed by atoms with E-state index in [0.717, 1.165) is 29.9 Å². The second kappa shape index (κ2) is 13.0. The monoisotopic (exact) mass is 501 g/mol. The van der Waals surface area contributed by atoms with Gasteiger partial charge >= 0.3 is 0 Å². The first-order chi connectivity index (χ1) is 13.0. The quantitative estimate of drug-likeness (QED) is 0.343. The van der Waals surface area contributed by atoms with Crippen LogP contribution in [0.3, 0.4) is 0 Å². The third kappa shape index (κ3) is 8.32. The van der Waals surface area contributed by atoms with E-state index in [1.807, 2.05) is 25.2 Å². The Morgan fingerprint density at radius 3 is 2.57 bits per heavy atom. The maximum atomic E-state index is 12.4. The van der Waals surface area contributed by atoms with Gasteiger partial charge in [-0.3, -0.25) is 14.8 Å². The number of rotatable bonds is 7. The average molecular weight is 501 g/mol. The van der Waals surface area contributed by atoms with Crippen LogP contribution in [0.15, 0.2) is 29.4 Å². The number of hydrogen-bond donors (Lipinski definition) is 2. The molecule has 0 unspecified atom stereocenters. The van der Waals surface area contributed by atoms with Crippen LogP contribution in [0.5, 0.6) is 0 Å². The van der Waals surface area contributed by atoms with Crippen LogP contribution < -0.4 is 10.6 Å². The Bertz CT molecular complexity index is 600. The minimum absolute atomic E-state index is 0. The molecule has 2 N–H and O–H groups in total. The number of pyridine rings is 1. The number of amides is 1. The second-order valence-corrected chi connectivity index (χ2v) is 7.81. The van der Waals surface area contributed by atoms with Crippen molar-refractivity contribution in [2.45, 2.75) is 52.0 Å². The fourth-order valence-corrected chi connectivity index (χ4v) is 3.57. The molecule has 7 heteroatoms. The molecule has 0 spiro atoms. The minimum atomic E-state index is 0. The highest BCUT2D eigenvalue weighted by Gasteiger charge is 2.23. The van der Waals surface area contributed by atoms with Gasteiger partial charge in [-0.2, -0.15) is 0 Å². The van der Waals surface area contributed by atoms with E-state index in [-0.39, 0.29) is 36.4 Å². The van der Waals surface area contributed by atoms with Gasteiger partial charge in [-0.15, -0.1) is 24.0 Å². The van der Waals surface area contributed by atoms with Gasteiger partial charge in [0, 0.05) is 45.0 Å². The number of aromatic nitrogens is 1. The van der Waals surface area contributed by atoms with Crippen LogP contribution in [0.25, 0.3) is 0 Å². The first kappa shape index (κ1) is 24.7. The summed E-state index contributed by atoms with van der Waals surface area (Å²) in [5.74, 6) is 2.38. The van der Waals surface area contributed by atoms with Gasteiger partial charge in [-0.05, 0) is 49.7 Å². The molecular formula is C21H36IN5O. The smallest absolute Gasteiger partial charge is 0.241 e. The molecule has 1 amide bonds. The summed E-state index contributed by atoms with van der Waals surface area (Å²) in [6.45, 7) is 5.53. The maximum Gasteiger partial charge on any atom is 0.241 e. The van der Waals surface area contributed by atoms with Gasteiger partial charge in [-0.25, -0.2) is 0 Å². The number of carbonyl (C=O) groups is 1.